The summed E-state index contributed by atoms with van der Waals surface area (Å²) in [5.74, 6) is -0.872. The second-order valence-corrected chi connectivity index (χ2v) is 3.66. The van der Waals surface area contributed by atoms with E-state index in [1.165, 1.54) is 12.1 Å². The van der Waals surface area contributed by atoms with Crippen LogP contribution in [0.5, 0.6) is 0 Å². The van der Waals surface area contributed by atoms with E-state index in [2.05, 4.69) is 20.5 Å². The molecule has 0 saturated carbocycles. The molecule has 0 fully saturated rings. The Hall–Kier alpha value is -2.89. The lowest BCUT2D eigenvalue weighted by molar-refractivity contribution is -0.137. The normalized spacial score (nSPS) is 10.9. The van der Waals surface area contributed by atoms with Gasteiger partial charge in [0.15, 0.2) is 0 Å². The molecule has 1 aromatic heterocycles. The van der Waals surface area contributed by atoms with Gasteiger partial charge < -0.3 is 5.32 Å². The number of nitrogens with one attached hydrogen (secondary N) is 2. The standard InChI is InChI=1S/C11H6F3N5O/c12-11(13,14)8-3-7(2-1-6(8)4-15)18-10(20)9-16-5-17-19-9/h1-3,5H,(H,18,20)(H,16,17,19). The molecule has 0 saturated heterocycles. The predicted octanol–water partition coefficient (Wildman–Crippen LogP) is 1.95. The first-order valence-electron chi connectivity index (χ1n) is 5.20. The molecular formula is C11H6F3N5O. The lowest BCUT2D eigenvalue weighted by atomic mass is 10.1. The summed E-state index contributed by atoms with van der Waals surface area (Å²) in [5, 5.41) is 16.6. The molecule has 0 atom stereocenters. The first kappa shape index (κ1) is 13.5. The number of H-pyrrole nitrogens is 1. The van der Waals surface area contributed by atoms with E-state index in [0.29, 0.717) is 6.07 Å². The van der Waals surface area contributed by atoms with Gasteiger partial charge in [0, 0.05) is 5.69 Å². The van der Waals surface area contributed by atoms with Crippen molar-refractivity contribution in [3.8, 4) is 6.07 Å². The van der Waals surface area contributed by atoms with Crippen molar-refractivity contribution in [3.05, 3.63) is 41.5 Å². The largest absolute Gasteiger partial charge is 0.417 e. The Morgan fingerprint density at radius 1 is 1.40 bits per heavy atom. The number of hydrogen-bond donors (Lipinski definition) is 2. The monoisotopic (exact) mass is 281 g/mol. The van der Waals surface area contributed by atoms with Gasteiger partial charge in [0.05, 0.1) is 17.2 Å². The molecule has 0 aliphatic carbocycles. The fourth-order valence-electron chi connectivity index (χ4n) is 1.46. The van der Waals surface area contributed by atoms with E-state index in [1.54, 1.807) is 0 Å². The number of aromatic nitrogens is 3. The van der Waals surface area contributed by atoms with Gasteiger partial charge in [-0.2, -0.15) is 23.5 Å². The zero-order chi connectivity index (χ0) is 14.8. The van der Waals surface area contributed by atoms with E-state index in [1.807, 2.05) is 0 Å². The fourth-order valence-corrected chi connectivity index (χ4v) is 1.46. The molecule has 2 N–H and O–H groups in total. The summed E-state index contributed by atoms with van der Waals surface area (Å²) in [6.07, 6.45) is -3.59. The van der Waals surface area contributed by atoms with Crippen LogP contribution in [0.2, 0.25) is 0 Å². The van der Waals surface area contributed by atoms with Crippen molar-refractivity contribution in [1.82, 2.24) is 15.2 Å². The summed E-state index contributed by atoms with van der Waals surface area (Å²) in [4.78, 5) is 15.2. The predicted molar refractivity (Wildman–Crippen MR) is 60.5 cm³/mol. The number of nitriles is 1. The van der Waals surface area contributed by atoms with Gasteiger partial charge in [0.25, 0.3) is 5.91 Å². The van der Waals surface area contributed by atoms with Crippen molar-refractivity contribution < 1.29 is 18.0 Å². The number of amides is 1. The maximum atomic E-state index is 12.7. The number of alkyl halides is 3. The van der Waals surface area contributed by atoms with Crippen LogP contribution in [0.1, 0.15) is 21.7 Å². The second-order valence-electron chi connectivity index (χ2n) is 3.66. The van der Waals surface area contributed by atoms with Gasteiger partial charge in [-0.15, -0.1) is 0 Å². The molecule has 2 rings (SSSR count). The molecule has 0 bridgehead atoms. The Morgan fingerprint density at radius 2 is 2.15 bits per heavy atom. The molecular weight excluding hydrogens is 275 g/mol. The number of aromatic amines is 1. The summed E-state index contributed by atoms with van der Waals surface area (Å²) in [7, 11) is 0. The minimum absolute atomic E-state index is 0.0993. The number of benzene rings is 1. The minimum Gasteiger partial charge on any atom is -0.319 e. The molecule has 0 unspecified atom stereocenters. The highest BCUT2D eigenvalue weighted by molar-refractivity contribution is 6.01. The van der Waals surface area contributed by atoms with Gasteiger partial charge >= 0.3 is 6.18 Å². The van der Waals surface area contributed by atoms with E-state index >= 15 is 0 Å². The molecule has 0 radical (unpaired) electrons. The Bertz CT molecular complexity index is 672. The van der Waals surface area contributed by atoms with Gasteiger partial charge in [-0.25, -0.2) is 4.98 Å². The van der Waals surface area contributed by atoms with Crippen molar-refractivity contribution in [3.63, 3.8) is 0 Å². The Kier molecular flexibility index (Phi) is 3.39. The second kappa shape index (κ2) is 5.00. The summed E-state index contributed by atoms with van der Waals surface area (Å²) < 4.78 is 38.2. The fraction of sp³-hybridized carbons (Fsp3) is 0.0909. The Balaban J connectivity index is 2.31. The SMILES string of the molecule is N#Cc1ccc(NC(=O)c2ncn[nH]2)cc1C(F)(F)F. The summed E-state index contributed by atoms with van der Waals surface area (Å²) in [6.45, 7) is 0. The number of halogens is 3. The van der Waals surface area contributed by atoms with Crippen molar-refractivity contribution in [2.24, 2.45) is 0 Å². The van der Waals surface area contributed by atoms with Crippen LogP contribution < -0.4 is 5.32 Å². The van der Waals surface area contributed by atoms with Gasteiger partial charge in [0.1, 0.15) is 6.33 Å². The summed E-state index contributed by atoms with van der Waals surface area (Å²) >= 11 is 0. The number of carbonyl (C=O) groups excluding carboxylic acids is 1. The van der Waals surface area contributed by atoms with Gasteiger partial charge in [-0.05, 0) is 18.2 Å². The molecule has 20 heavy (non-hydrogen) atoms. The molecule has 0 aliphatic heterocycles. The van der Waals surface area contributed by atoms with Crippen LogP contribution >= 0.6 is 0 Å². The molecule has 1 heterocycles. The van der Waals surface area contributed by atoms with Crippen LogP contribution in [0.3, 0.4) is 0 Å². The third-order valence-corrected chi connectivity index (χ3v) is 2.33. The highest BCUT2D eigenvalue weighted by atomic mass is 19.4. The molecule has 9 heteroatoms. The maximum absolute atomic E-state index is 12.7. The van der Waals surface area contributed by atoms with Crippen LogP contribution in [0, 0.1) is 11.3 Å². The molecule has 0 spiro atoms. The van der Waals surface area contributed by atoms with E-state index < -0.39 is 23.2 Å². The molecule has 1 aromatic carbocycles. The number of nitrogens with zero attached hydrogens (tertiary/aromatic N) is 3. The Labute approximate surface area is 110 Å². The van der Waals surface area contributed by atoms with Gasteiger partial charge in [-0.1, -0.05) is 0 Å². The van der Waals surface area contributed by atoms with E-state index in [-0.39, 0.29) is 11.5 Å². The number of hydrogen-bond acceptors (Lipinski definition) is 4. The van der Waals surface area contributed by atoms with Crippen LogP contribution in [-0.4, -0.2) is 21.1 Å². The van der Waals surface area contributed by atoms with Gasteiger partial charge in [-0.3, -0.25) is 9.89 Å². The molecule has 6 nitrogen and oxygen atoms in total. The number of rotatable bonds is 2. The van der Waals surface area contributed by atoms with E-state index in [4.69, 9.17) is 5.26 Å². The molecule has 2 aromatic rings. The number of anilines is 1. The Morgan fingerprint density at radius 3 is 2.70 bits per heavy atom. The van der Waals surface area contributed by atoms with Crippen molar-refractivity contribution >= 4 is 11.6 Å². The summed E-state index contributed by atoms with van der Waals surface area (Å²) in [5.41, 5.74) is -1.73. The average Bonchev–Trinajstić information content (AvgIpc) is 2.91. The zero-order valence-corrected chi connectivity index (χ0v) is 9.69. The van der Waals surface area contributed by atoms with Crippen LogP contribution in [0.25, 0.3) is 0 Å². The average molecular weight is 281 g/mol. The van der Waals surface area contributed by atoms with Crippen molar-refractivity contribution in [2.75, 3.05) is 5.32 Å². The highest BCUT2D eigenvalue weighted by Gasteiger charge is 2.34. The smallest absolute Gasteiger partial charge is 0.319 e. The topological polar surface area (TPSA) is 94.5 Å². The molecule has 0 aliphatic rings. The zero-order valence-electron chi connectivity index (χ0n) is 9.69. The lowest BCUT2D eigenvalue weighted by Gasteiger charge is -2.11. The van der Waals surface area contributed by atoms with Crippen LogP contribution in [0.15, 0.2) is 24.5 Å². The lowest BCUT2D eigenvalue weighted by Crippen LogP contribution is -2.15. The third kappa shape index (κ3) is 2.74. The van der Waals surface area contributed by atoms with Crippen LogP contribution in [0.4, 0.5) is 18.9 Å². The van der Waals surface area contributed by atoms with Gasteiger partial charge in [0.2, 0.25) is 5.82 Å². The van der Waals surface area contributed by atoms with E-state index in [9.17, 15) is 18.0 Å². The first-order valence-corrected chi connectivity index (χ1v) is 5.20. The molecule has 1 amide bonds. The highest BCUT2D eigenvalue weighted by Crippen LogP contribution is 2.33. The maximum Gasteiger partial charge on any atom is 0.417 e. The minimum atomic E-state index is -4.68. The third-order valence-electron chi connectivity index (χ3n) is 2.33. The van der Waals surface area contributed by atoms with Crippen molar-refractivity contribution in [2.45, 2.75) is 6.18 Å². The number of carbonyl (C=O) groups is 1. The quantitative estimate of drug-likeness (QED) is 0.879. The van der Waals surface area contributed by atoms with E-state index in [0.717, 1.165) is 12.4 Å². The van der Waals surface area contributed by atoms with Crippen molar-refractivity contribution in [1.29, 1.82) is 5.26 Å². The first-order chi connectivity index (χ1) is 9.41. The molecule has 102 valence electrons. The van der Waals surface area contributed by atoms with Crippen LogP contribution in [-0.2, 0) is 6.18 Å². The summed E-state index contributed by atoms with van der Waals surface area (Å²) in [6, 6.07) is 4.32.